The van der Waals surface area contributed by atoms with Crippen molar-refractivity contribution in [2.45, 2.75) is 95.8 Å². The summed E-state index contributed by atoms with van der Waals surface area (Å²) in [6.07, 6.45) is 14.7. The molecular weight excluding hydrogens is 320 g/mol. The predicted octanol–water partition coefficient (Wildman–Crippen LogP) is 6.10. The summed E-state index contributed by atoms with van der Waals surface area (Å²) in [5, 5.41) is 0. The summed E-state index contributed by atoms with van der Waals surface area (Å²) in [5.74, 6) is 0. The molecule has 0 unspecified atom stereocenters. The molecule has 3 nitrogen and oxygen atoms in total. The van der Waals surface area contributed by atoms with Gasteiger partial charge in [0.2, 0.25) is 0 Å². The van der Waals surface area contributed by atoms with Crippen molar-refractivity contribution < 1.29 is 13.0 Å². The third kappa shape index (κ3) is 8.84. The molecule has 0 aliphatic carbocycles. The Morgan fingerprint density at radius 2 is 1.33 bits per heavy atom. The van der Waals surface area contributed by atoms with Crippen molar-refractivity contribution in [2.75, 3.05) is 0 Å². The normalized spacial score (nSPS) is 11.8. The molecule has 24 heavy (non-hydrogen) atoms. The van der Waals surface area contributed by atoms with Gasteiger partial charge in [-0.05, 0) is 37.0 Å². The molecular formula is C20H34O3S. The number of hydrogen-bond donors (Lipinski definition) is 1. The van der Waals surface area contributed by atoms with Crippen molar-refractivity contribution >= 4 is 10.1 Å². The first-order valence-electron chi connectivity index (χ1n) is 9.52. The van der Waals surface area contributed by atoms with Gasteiger partial charge in [-0.3, -0.25) is 4.55 Å². The lowest BCUT2D eigenvalue weighted by Crippen LogP contribution is -2.04. The van der Waals surface area contributed by atoms with Gasteiger partial charge in [-0.25, -0.2) is 0 Å². The van der Waals surface area contributed by atoms with Gasteiger partial charge in [-0.15, -0.1) is 0 Å². The highest BCUT2D eigenvalue weighted by Gasteiger charge is 2.15. The molecule has 138 valence electrons. The Labute approximate surface area is 148 Å². The van der Waals surface area contributed by atoms with Gasteiger partial charge in [0, 0.05) is 0 Å². The van der Waals surface area contributed by atoms with Crippen molar-refractivity contribution in [2.24, 2.45) is 0 Å². The molecule has 0 amide bonds. The minimum Gasteiger partial charge on any atom is -0.282 e. The van der Waals surface area contributed by atoms with Crippen LogP contribution in [0.5, 0.6) is 0 Å². The average Bonchev–Trinajstić information content (AvgIpc) is 2.53. The third-order valence-corrected chi connectivity index (χ3v) is 5.49. The lowest BCUT2D eigenvalue weighted by Gasteiger charge is -2.08. The van der Waals surface area contributed by atoms with E-state index in [1.807, 2.05) is 19.1 Å². The van der Waals surface area contributed by atoms with Crippen LogP contribution in [0.2, 0.25) is 0 Å². The van der Waals surface area contributed by atoms with Gasteiger partial charge >= 0.3 is 0 Å². The number of unbranched alkanes of at least 4 members (excludes halogenated alkanes) is 10. The van der Waals surface area contributed by atoms with Crippen LogP contribution in [0.1, 0.15) is 88.7 Å². The minimum atomic E-state index is -4.12. The predicted molar refractivity (Wildman–Crippen MR) is 101 cm³/mol. The smallest absolute Gasteiger partial charge is 0.282 e. The Kier molecular flexibility index (Phi) is 10.3. The molecule has 1 aromatic rings. The summed E-state index contributed by atoms with van der Waals surface area (Å²) in [4.78, 5) is 0.0783. The van der Waals surface area contributed by atoms with Crippen LogP contribution in [0.3, 0.4) is 0 Å². The molecule has 0 aromatic heterocycles. The molecule has 0 saturated heterocycles. The standard InChI is InChI=1S/C20H34O3S/c1-3-4-5-6-7-8-9-10-11-12-13-14-19-16-15-18(2)17-20(19)24(21,22)23/h15-17H,3-14H2,1-2H3,(H,21,22,23). The highest BCUT2D eigenvalue weighted by Crippen LogP contribution is 2.20. The van der Waals surface area contributed by atoms with Gasteiger partial charge in [-0.1, -0.05) is 83.3 Å². The Hall–Kier alpha value is -0.870. The molecule has 0 bridgehead atoms. The van der Waals surface area contributed by atoms with Gasteiger partial charge in [0.25, 0.3) is 10.1 Å². The maximum atomic E-state index is 11.5. The fraction of sp³-hybridized carbons (Fsp3) is 0.700. The second-order valence-electron chi connectivity index (χ2n) is 6.87. The monoisotopic (exact) mass is 354 g/mol. The van der Waals surface area contributed by atoms with Crippen LogP contribution < -0.4 is 0 Å². The molecule has 0 radical (unpaired) electrons. The number of hydrogen-bond acceptors (Lipinski definition) is 2. The van der Waals surface area contributed by atoms with Crippen LogP contribution in [-0.2, 0) is 16.5 Å². The first kappa shape index (κ1) is 21.2. The molecule has 0 atom stereocenters. The second-order valence-corrected chi connectivity index (χ2v) is 8.26. The lowest BCUT2D eigenvalue weighted by atomic mass is 10.0. The van der Waals surface area contributed by atoms with Crippen LogP contribution in [0, 0.1) is 6.92 Å². The topological polar surface area (TPSA) is 54.4 Å². The van der Waals surface area contributed by atoms with E-state index < -0.39 is 10.1 Å². The van der Waals surface area contributed by atoms with Gasteiger partial charge in [0.05, 0.1) is 4.90 Å². The van der Waals surface area contributed by atoms with Crippen LogP contribution in [-0.4, -0.2) is 13.0 Å². The summed E-state index contributed by atoms with van der Waals surface area (Å²) in [5.41, 5.74) is 1.59. The van der Waals surface area contributed by atoms with E-state index in [0.29, 0.717) is 6.42 Å². The zero-order valence-electron chi connectivity index (χ0n) is 15.4. The van der Waals surface area contributed by atoms with Gasteiger partial charge in [-0.2, -0.15) is 8.42 Å². The Bertz CT molecular complexity index is 564. The maximum Gasteiger partial charge on any atom is 0.294 e. The van der Waals surface area contributed by atoms with Crippen LogP contribution in [0.25, 0.3) is 0 Å². The maximum absolute atomic E-state index is 11.5. The molecule has 4 heteroatoms. The fourth-order valence-electron chi connectivity index (χ4n) is 3.09. The zero-order valence-corrected chi connectivity index (χ0v) is 16.2. The van der Waals surface area contributed by atoms with Crippen molar-refractivity contribution in [1.29, 1.82) is 0 Å². The number of benzene rings is 1. The van der Waals surface area contributed by atoms with E-state index >= 15 is 0 Å². The number of rotatable bonds is 13. The first-order chi connectivity index (χ1) is 11.4. The van der Waals surface area contributed by atoms with Crippen molar-refractivity contribution in [3.63, 3.8) is 0 Å². The fourth-order valence-corrected chi connectivity index (χ4v) is 3.92. The molecule has 0 heterocycles. The van der Waals surface area contributed by atoms with Crippen LogP contribution in [0.4, 0.5) is 0 Å². The molecule has 0 aliphatic heterocycles. The largest absolute Gasteiger partial charge is 0.294 e. The molecule has 1 rings (SSSR count). The summed E-state index contributed by atoms with van der Waals surface area (Å²) >= 11 is 0. The summed E-state index contributed by atoms with van der Waals surface area (Å²) in [6.45, 7) is 4.08. The molecule has 0 aliphatic rings. The number of aryl methyl sites for hydroxylation is 2. The molecule has 0 fully saturated rings. The second kappa shape index (κ2) is 11.6. The van der Waals surface area contributed by atoms with E-state index in [1.54, 1.807) is 6.07 Å². The van der Waals surface area contributed by atoms with Crippen molar-refractivity contribution in [1.82, 2.24) is 0 Å². The van der Waals surface area contributed by atoms with E-state index in [4.69, 9.17) is 0 Å². The SMILES string of the molecule is CCCCCCCCCCCCCc1ccc(C)cc1S(=O)(=O)O. The highest BCUT2D eigenvalue weighted by atomic mass is 32.2. The van der Waals surface area contributed by atoms with Gasteiger partial charge in [0.1, 0.15) is 0 Å². The molecule has 1 N–H and O–H groups in total. The van der Waals surface area contributed by atoms with E-state index in [0.717, 1.165) is 24.0 Å². The van der Waals surface area contributed by atoms with Crippen LogP contribution in [0.15, 0.2) is 23.1 Å². The third-order valence-electron chi connectivity index (χ3n) is 4.55. The van der Waals surface area contributed by atoms with E-state index in [9.17, 15) is 13.0 Å². The minimum absolute atomic E-state index is 0.0783. The van der Waals surface area contributed by atoms with Crippen LogP contribution >= 0.6 is 0 Å². The molecule has 1 aromatic carbocycles. The summed E-state index contributed by atoms with van der Waals surface area (Å²) < 4.78 is 32.3. The summed E-state index contributed by atoms with van der Waals surface area (Å²) in [7, 11) is -4.12. The average molecular weight is 355 g/mol. The lowest BCUT2D eigenvalue weighted by molar-refractivity contribution is 0.481. The van der Waals surface area contributed by atoms with Crippen molar-refractivity contribution in [3.8, 4) is 0 Å². The zero-order chi connectivity index (χ0) is 17.8. The highest BCUT2D eigenvalue weighted by molar-refractivity contribution is 7.85. The van der Waals surface area contributed by atoms with E-state index in [-0.39, 0.29) is 4.90 Å². The summed E-state index contributed by atoms with van der Waals surface area (Å²) in [6, 6.07) is 5.29. The quantitative estimate of drug-likeness (QED) is 0.344. The van der Waals surface area contributed by atoms with E-state index in [1.165, 1.54) is 57.8 Å². The molecule has 0 saturated carbocycles. The Morgan fingerprint density at radius 1 is 0.833 bits per heavy atom. The Balaban J connectivity index is 2.18. The van der Waals surface area contributed by atoms with E-state index in [2.05, 4.69) is 6.92 Å². The van der Waals surface area contributed by atoms with Crippen molar-refractivity contribution in [3.05, 3.63) is 29.3 Å². The first-order valence-corrected chi connectivity index (χ1v) is 11.0. The van der Waals surface area contributed by atoms with Gasteiger partial charge < -0.3 is 0 Å². The van der Waals surface area contributed by atoms with Gasteiger partial charge in [0.15, 0.2) is 0 Å². The molecule has 0 spiro atoms. The Morgan fingerprint density at radius 3 is 1.83 bits per heavy atom.